The molecular weight excluding hydrogens is 289 g/mol. The van der Waals surface area contributed by atoms with Gasteiger partial charge in [0.05, 0.1) is 11.0 Å². The number of nitrogens with zero attached hydrogens (tertiary/aromatic N) is 3. The first-order valence-corrected chi connectivity index (χ1v) is 5.97. The lowest BCUT2D eigenvalue weighted by Gasteiger charge is -2.10. The number of carbonyl (C=O) groups excluding carboxylic acids is 1. The number of carbonyl (C=O) groups is 1. The zero-order chi connectivity index (χ0) is 13.8. The van der Waals surface area contributed by atoms with Crippen molar-refractivity contribution in [1.82, 2.24) is 13.9 Å². The van der Waals surface area contributed by atoms with Gasteiger partial charge in [-0.2, -0.15) is 3.94 Å². The Morgan fingerprint density at radius 3 is 2.53 bits per heavy atom. The van der Waals surface area contributed by atoms with Crippen molar-refractivity contribution < 1.29 is 9.53 Å². The number of hydrogen-bond donors (Lipinski definition) is 0. The van der Waals surface area contributed by atoms with Gasteiger partial charge < -0.3 is 4.74 Å². The van der Waals surface area contributed by atoms with E-state index in [1.165, 1.54) is 6.08 Å². The van der Waals surface area contributed by atoms with Gasteiger partial charge in [-0.15, -0.1) is 0 Å². The zero-order valence-corrected chi connectivity index (χ0v) is 11.2. The summed E-state index contributed by atoms with van der Waals surface area (Å²) in [4.78, 5) is 20.2. The molecule has 0 radical (unpaired) electrons. The fourth-order valence-electron chi connectivity index (χ4n) is 1.44. The van der Waals surface area contributed by atoms with Crippen molar-refractivity contribution >= 4 is 40.5 Å². The number of aromatic nitrogens is 2. The van der Waals surface area contributed by atoms with Crippen LogP contribution in [0.25, 0.3) is 11.0 Å². The van der Waals surface area contributed by atoms with Crippen LogP contribution in [0.15, 0.2) is 36.9 Å². The molecule has 1 heterocycles. The average molecular weight is 298 g/mol. The van der Waals surface area contributed by atoms with Gasteiger partial charge in [-0.1, -0.05) is 24.8 Å². The first-order valence-electron chi connectivity index (χ1n) is 5.30. The molecule has 1 amide bonds. The van der Waals surface area contributed by atoms with Gasteiger partial charge in [-0.3, -0.25) is 4.79 Å². The summed E-state index contributed by atoms with van der Waals surface area (Å²) >= 11 is 10.9. The number of amides is 1. The fourth-order valence-corrected chi connectivity index (χ4v) is 1.60. The van der Waals surface area contributed by atoms with Crippen LogP contribution in [0.2, 0.25) is 0 Å². The van der Waals surface area contributed by atoms with Gasteiger partial charge in [0, 0.05) is 23.6 Å². The fraction of sp³-hybridized carbons (Fsp3) is 0.0833. The first kappa shape index (κ1) is 13.6. The molecule has 1 aromatic carbocycles. The molecule has 98 valence electrons. The Kier molecular flexibility index (Phi) is 4.19. The van der Waals surface area contributed by atoms with Crippen molar-refractivity contribution in [3.05, 3.63) is 42.6 Å². The maximum Gasteiger partial charge on any atom is 0.307 e. The summed E-state index contributed by atoms with van der Waals surface area (Å²) < 4.78 is 5.70. The molecule has 5 nitrogen and oxygen atoms in total. The second-order valence-electron chi connectivity index (χ2n) is 3.50. The second kappa shape index (κ2) is 5.86. The number of hydrogen-bond acceptors (Lipinski definition) is 4. The van der Waals surface area contributed by atoms with Gasteiger partial charge in [0.25, 0.3) is 0 Å². The van der Waals surface area contributed by atoms with Crippen LogP contribution in [0.5, 0.6) is 5.88 Å². The van der Waals surface area contributed by atoms with Crippen LogP contribution in [0.1, 0.15) is 10.5 Å². The van der Waals surface area contributed by atoms with Crippen molar-refractivity contribution in [2.75, 3.05) is 6.61 Å². The summed E-state index contributed by atoms with van der Waals surface area (Å²) in [6, 6.07) is 7.08. The van der Waals surface area contributed by atoms with Crippen LogP contribution in [-0.2, 0) is 0 Å². The highest BCUT2D eigenvalue weighted by Gasteiger charge is 2.21. The highest BCUT2D eigenvalue weighted by molar-refractivity contribution is 6.43. The number of fused-ring (bicyclic) bond motifs is 1. The quantitative estimate of drug-likeness (QED) is 0.643. The third-order valence-electron chi connectivity index (χ3n) is 2.23. The van der Waals surface area contributed by atoms with E-state index in [0.717, 1.165) is 0 Å². The lowest BCUT2D eigenvalue weighted by molar-refractivity contribution is 0.0914. The average Bonchev–Trinajstić information content (AvgIpc) is 2.43. The smallest absolute Gasteiger partial charge is 0.307 e. The maximum absolute atomic E-state index is 11.8. The van der Waals surface area contributed by atoms with Gasteiger partial charge in [-0.05, 0) is 12.1 Å². The Hall–Kier alpha value is -1.85. The summed E-state index contributed by atoms with van der Waals surface area (Å²) in [5, 5.41) is 0. The van der Waals surface area contributed by atoms with Gasteiger partial charge in [-0.25, -0.2) is 9.97 Å². The highest BCUT2D eigenvalue weighted by Crippen LogP contribution is 2.21. The topological polar surface area (TPSA) is 55.3 Å². The molecule has 0 aliphatic carbocycles. The molecule has 0 bridgehead atoms. The van der Waals surface area contributed by atoms with E-state index in [1.54, 1.807) is 18.2 Å². The predicted octanol–water partition coefficient (Wildman–Crippen LogP) is 2.94. The van der Waals surface area contributed by atoms with E-state index < -0.39 is 5.91 Å². The summed E-state index contributed by atoms with van der Waals surface area (Å²) in [6.45, 7) is 3.72. The molecule has 2 rings (SSSR count). The molecule has 0 fully saturated rings. The first-order chi connectivity index (χ1) is 9.13. The number of para-hydroxylation sites is 2. The summed E-state index contributed by atoms with van der Waals surface area (Å²) in [5.41, 5.74) is 1.10. The van der Waals surface area contributed by atoms with Gasteiger partial charge in [0.15, 0.2) is 5.69 Å². The molecule has 19 heavy (non-hydrogen) atoms. The highest BCUT2D eigenvalue weighted by atomic mass is 35.5. The minimum absolute atomic E-state index is 0.0504. The molecule has 1 aromatic heterocycles. The van der Waals surface area contributed by atoms with Crippen LogP contribution >= 0.6 is 23.6 Å². The lowest BCUT2D eigenvalue weighted by atomic mass is 10.3. The zero-order valence-electron chi connectivity index (χ0n) is 9.72. The minimum atomic E-state index is -0.708. The van der Waals surface area contributed by atoms with E-state index >= 15 is 0 Å². The van der Waals surface area contributed by atoms with Gasteiger partial charge in [0.2, 0.25) is 5.88 Å². The van der Waals surface area contributed by atoms with Gasteiger partial charge >= 0.3 is 5.91 Å². The molecule has 0 saturated heterocycles. The number of benzene rings is 1. The monoisotopic (exact) mass is 297 g/mol. The van der Waals surface area contributed by atoms with Crippen molar-refractivity contribution in [1.29, 1.82) is 0 Å². The summed E-state index contributed by atoms with van der Waals surface area (Å²) in [5.74, 6) is -0.643. The molecule has 0 unspecified atom stereocenters. The van der Waals surface area contributed by atoms with Crippen LogP contribution in [0.4, 0.5) is 0 Å². The molecule has 7 heteroatoms. The molecular formula is C12H9Cl2N3O2. The maximum atomic E-state index is 11.8. The molecule has 0 spiro atoms. The van der Waals surface area contributed by atoms with E-state index in [2.05, 4.69) is 16.5 Å². The molecule has 0 aliphatic heterocycles. The molecule has 0 N–H and O–H groups in total. The Morgan fingerprint density at radius 2 is 1.95 bits per heavy atom. The van der Waals surface area contributed by atoms with Gasteiger partial charge in [0.1, 0.15) is 6.61 Å². The minimum Gasteiger partial charge on any atom is -0.472 e. The Bertz CT molecular complexity index is 631. The predicted molar refractivity (Wildman–Crippen MR) is 73.1 cm³/mol. The Morgan fingerprint density at radius 1 is 1.32 bits per heavy atom. The lowest BCUT2D eigenvalue weighted by Crippen LogP contribution is -2.16. The van der Waals surface area contributed by atoms with Crippen molar-refractivity contribution in [2.24, 2.45) is 0 Å². The largest absolute Gasteiger partial charge is 0.472 e. The third kappa shape index (κ3) is 2.94. The molecule has 0 saturated carbocycles. The number of ether oxygens (including phenoxy) is 1. The summed E-state index contributed by atoms with van der Waals surface area (Å²) in [6.07, 6.45) is 1.53. The Labute approximate surface area is 119 Å². The van der Waals surface area contributed by atoms with Crippen LogP contribution in [0.3, 0.4) is 0 Å². The SMILES string of the molecule is C=CCOc1nc2ccccc2nc1C(=O)N(Cl)Cl. The number of rotatable bonds is 4. The molecule has 2 aromatic rings. The normalized spacial score (nSPS) is 10.2. The molecule has 0 atom stereocenters. The van der Waals surface area contributed by atoms with Crippen LogP contribution in [0, 0.1) is 0 Å². The van der Waals surface area contributed by atoms with E-state index in [9.17, 15) is 4.79 Å². The number of halogens is 2. The van der Waals surface area contributed by atoms with E-state index in [0.29, 0.717) is 15.0 Å². The third-order valence-corrected chi connectivity index (χ3v) is 2.54. The molecule has 0 aliphatic rings. The van der Waals surface area contributed by atoms with Crippen LogP contribution in [-0.4, -0.2) is 26.4 Å². The van der Waals surface area contributed by atoms with Crippen LogP contribution < -0.4 is 4.74 Å². The van der Waals surface area contributed by atoms with Crippen molar-refractivity contribution in [3.63, 3.8) is 0 Å². The standard InChI is InChI=1S/C12H9Cl2N3O2/c1-2-7-19-11-10(12(18)17(13)14)15-8-5-3-4-6-9(8)16-11/h2-6H,1,7H2. The van der Waals surface area contributed by atoms with E-state index in [-0.39, 0.29) is 18.2 Å². The van der Waals surface area contributed by atoms with E-state index in [1.807, 2.05) is 6.07 Å². The van der Waals surface area contributed by atoms with Crippen molar-refractivity contribution in [3.8, 4) is 5.88 Å². The Balaban J connectivity index is 2.56. The van der Waals surface area contributed by atoms with E-state index in [4.69, 9.17) is 28.3 Å². The van der Waals surface area contributed by atoms with Crippen molar-refractivity contribution in [2.45, 2.75) is 0 Å². The summed E-state index contributed by atoms with van der Waals surface area (Å²) in [7, 11) is 0. The second-order valence-corrected chi connectivity index (χ2v) is 4.35.